The first kappa shape index (κ1) is 21.8. The molecule has 8 nitrogen and oxygen atoms in total. The Morgan fingerprint density at radius 2 is 2.00 bits per heavy atom. The highest BCUT2D eigenvalue weighted by Gasteiger charge is 2.45. The summed E-state index contributed by atoms with van der Waals surface area (Å²) in [7, 11) is 0. The Morgan fingerprint density at radius 1 is 1.31 bits per heavy atom. The molecule has 3 atom stereocenters. The molecule has 12 heteroatoms. The average Bonchev–Trinajstić information content (AvgIpc) is 3.05. The van der Waals surface area contributed by atoms with Gasteiger partial charge in [0.2, 0.25) is 5.95 Å². The van der Waals surface area contributed by atoms with Gasteiger partial charge >= 0.3 is 12.2 Å². The number of anilines is 2. The minimum Gasteiger partial charge on any atom is -0.458 e. The molecule has 2 amide bonds. The molecule has 1 unspecified atom stereocenters. The van der Waals surface area contributed by atoms with E-state index in [0.29, 0.717) is 12.5 Å². The predicted molar refractivity (Wildman–Crippen MR) is 107 cm³/mol. The molecule has 4 rings (SSSR count). The molecule has 1 aromatic carbocycles. The zero-order valence-electron chi connectivity index (χ0n) is 16.9. The van der Waals surface area contributed by atoms with Gasteiger partial charge < -0.3 is 25.1 Å². The van der Waals surface area contributed by atoms with E-state index in [4.69, 9.17) is 4.42 Å². The normalized spacial score (nSPS) is 19.5. The fourth-order valence-electron chi connectivity index (χ4n) is 3.47. The maximum atomic E-state index is 13.7. The highest BCUT2D eigenvalue weighted by atomic mass is 19.4. The van der Waals surface area contributed by atoms with E-state index >= 15 is 0 Å². The number of β-amino-alcohol motifs (C(OH)–C–C–N with tert-alkyl or cyclic N) is 1. The summed E-state index contributed by atoms with van der Waals surface area (Å²) in [6.07, 6.45) is -2.86. The standard InChI is InChI=1S/C20H19F4N5O3/c1-9-13-5-11(21)3-4-15(13)32-16(9)17(20(22,23)24)28-19(31)27-12-6-25-18(26-7-12)29-8-14(30)10(29)2/h3-7,10,14,17,30H,8H2,1-2H3,(H2,27,28,31)/t10-,14+,17?/m0/s1. The second-order valence-corrected chi connectivity index (χ2v) is 7.54. The first-order valence-corrected chi connectivity index (χ1v) is 9.64. The van der Waals surface area contributed by atoms with Crippen molar-refractivity contribution in [1.29, 1.82) is 0 Å². The summed E-state index contributed by atoms with van der Waals surface area (Å²) in [4.78, 5) is 22.1. The molecule has 1 aliphatic rings. The molecule has 1 fully saturated rings. The molecule has 3 heterocycles. The fraction of sp³-hybridized carbons (Fsp3) is 0.350. The third kappa shape index (κ3) is 4.05. The van der Waals surface area contributed by atoms with Gasteiger partial charge in [0, 0.05) is 17.5 Å². The van der Waals surface area contributed by atoms with Crippen molar-refractivity contribution >= 4 is 28.6 Å². The van der Waals surface area contributed by atoms with Gasteiger partial charge in [0.1, 0.15) is 17.2 Å². The minimum absolute atomic E-state index is 0.0701. The van der Waals surface area contributed by atoms with E-state index in [1.807, 2.05) is 5.32 Å². The fourth-order valence-corrected chi connectivity index (χ4v) is 3.47. The lowest BCUT2D eigenvalue weighted by atomic mass is 10.0. The van der Waals surface area contributed by atoms with Gasteiger partial charge in [0.05, 0.1) is 30.2 Å². The van der Waals surface area contributed by atoms with Crippen molar-refractivity contribution in [3.63, 3.8) is 0 Å². The molecule has 3 N–H and O–H groups in total. The molecule has 3 aromatic rings. The Bertz CT molecular complexity index is 1150. The number of nitrogens with one attached hydrogen (secondary N) is 2. The van der Waals surface area contributed by atoms with Gasteiger partial charge in [-0.1, -0.05) is 0 Å². The Balaban J connectivity index is 1.50. The van der Waals surface area contributed by atoms with Gasteiger partial charge in [-0.15, -0.1) is 0 Å². The number of hydrogen-bond acceptors (Lipinski definition) is 6. The number of furan rings is 1. The third-order valence-corrected chi connectivity index (χ3v) is 5.39. The number of benzene rings is 1. The van der Waals surface area contributed by atoms with Crippen LogP contribution >= 0.6 is 0 Å². The number of hydrogen-bond donors (Lipinski definition) is 3. The summed E-state index contributed by atoms with van der Waals surface area (Å²) in [5.41, 5.74) is 0.217. The number of aryl methyl sites for hydroxylation is 1. The smallest absolute Gasteiger partial charge is 0.416 e. The van der Waals surface area contributed by atoms with Crippen LogP contribution in [0.1, 0.15) is 24.3 Å². The number of halogens is 4. The number of fused-ring (bicyclic) bond motifs is 1. The zero-order chi connectivity index (χ0) is 23.2. The van der Waals surface area contributed by atoms with Crippen LogP contribution in [0, 0.1) is 12.7 Å². The number of aromatic nitrogens is 2. The Kier molecular flexibility index (Phi) is 5.41. The monoisotopic (exact) mass is 453 g/mol. The van der Waals surface area contributed by atoms with Crippen LogP contribution in [0.5, 0.6) is 0 Å². The summed E-state index contributed by atoms with van der Waals surface area (Å²) >= 11 is 0. The molecule has 0 saturated carbocycles. The Labute approximate surface area is 179 Å². The van der Waals surface area contributed by atoms with Crippen molar-refractivity contribution in [3.8, 4) is 0 Å². The van der Waals surface area contributed by atoms with Gasteiger partial charge in [-0.25, -0.2) is 19.2 Å². The SMILES string of the molecule is Cc1c(C(NC(=O)Nc2cnc(N3C[C@@H](O)[C@@H]3C)nc2)C(F)(F)F)oc2ccc(F)cc12. The van der Waals surface area contributed by atoms with Crippen molar-refractivity contribution in [2.45, 2.75) is 38.2 Å². The second kappa shape index (κ2) is 7.93. The van der Waals surface area contributed by atoms with E-state index in [0.717, 1.165) is 12.1 Å². The van der Waals surface area contributed by atoms with E-state index in [-0.39, 0.29) is 28.3 Å². The Hall–Kier alpha value is -3.41. The molecule has 2 aromatic heterocycles. The van der Waals surface area contributed by atoms with Gasteiger partial charge in [-0.3, -0.25) is 0 Å². The van der Waals surface area contributed by atoms with E-state index in [2.05, 4.69) is 15.3 Å². The summed E-state index contributed by atoms with van der Waals surface area (Å²) in [5.74, 6) is -0.829. The third-order valence-electron chi connectivity index (χ3n) is 5.39. The maximum Gasteiger partial charge on any atom is 0.416 e. The topological polar surface area (TPSA) is 104 Å². The number of alkyl halides is 3. The van der Waals surface area contributed by atoms with Gasteiger partial charge in [-0.05, 0) is 32.0 Å². The van der Waals surface area contributed by atoms with Crippen LogP contribution in [-0.2, 0) is 0 Å². The number of aliphatic hydroxyl groups is 1. The number of amides is 2. The van der Waals surface area contributed by atoms with Gasteiger partial charge in [0.25, 0.3) is 0 Å². The van der Waals surface area contributed by atoms with Crippen LogP contribution in [0.25, 0.3) is 11.0 Å². The van der Waals surface area contributed by atoms with Crippen LogP contribution in [0.15, 0.2) is 35.0 Å². The van der Waals surface area contributed by atoms with Crippen LogP contribution in [0.4, 0.5) is 34.0 Å². The first-order valence-electron chi connectivity index (χ1n) is 9.64. The van der Waals surface area contributed by atoms with Crippen LogP contribution in [-0.4, -0.2) is 46.0 Å². The van der Waals surface area contributed by atoms with E-state index in [1.165, 1.54) is 25.4 Å². The molecule has 32 heavy (non-hydrogen) atoms. The highest BCUT2D eigenvalue weighted by molar-refractivity contribution is 5.89. The number of nitrogens with zero attached hydrogens (tertiary/aromatic N) is 3. The molecule has 170 valence electrons. The van der Waals surface area contributed by atoms with E-state index in [9.17, 15) is 27.5 Å². The summed E-state index contributed by atoms with van der Waals surface area (Å²) in [6, 6.07) is -0.398. The van der Waals surface area contributed by atoms with Crippen molar-refractivity contribution in [2.24, 2.45) is 0 Å². The Morgan fingerprint density at radius 3 is 2.59 bits per heavy atom. The summed E-state index contributed by atoms with van der Waals surface area (Å²) in [6.45, 7) is 3.52. The van der Waals surface area contributed by atoms with E-state index < -0.39 is 35.9 Å². The lowest BCUT2D eigenvalue weighted by Crippen LogP contribution is -2.59. The number of carbonyl (C=O) groups is 1. The lowest BCUT2D eigenvalue weighted by molar-refractivity contribution is -0.158. The first-order chi connectivity index (χ1) is 15.0. The van der Waals surface area contributed by atoms with Crippen LogP contribution < -0.4 is 15.5 Å². The average molecular weight is 453 g/mol. The molecule has 0 bridgehead atoms. The van der Waals surface area contributed by atoms with Crippen molar-refractivity contribution in [1.82, 2.24) is 15.3 Å². The lowest BCUT2D eigenvalue weighted by Gasteiger charge is -2.43. The van der Waals surface area contributed by atoms with Gasteiger partial charge in [-0.2, -0.15) is 13.2 Å². The zero-order valence-corrected chi connectivity index (χ0v) is 16.9. The molecule has 1 saturated heterocycles. The predicted octanol–water partition coefficient (Wildman–Crippen LogP) is 3.66. The largest absolute Gasteiger partial charge is 0.458 e. The second-order valence-electron chi connectivity index (χ2n) is 7.54. The molecular formula is C20H19F4N5O3. The molecule has 0 aliphatic carbocycles. The van der Waals surface area contributed by atoms with Crippen LogP contribution in [0.3, 0.4) is 0 Å². The molecule has 0 radical (unpaired) electrons. The quantitative estimate of drug-likeness (QED) is 0.521. The number of rotatable bonds is 4. The number of carbonyl (C=O) groups excluding carboxylic acids is 1. The van der Waals surface area contributed by atoms with Crippen LogP contribution in [0.2, 0.25) is 0 Å². The molecular weight excluding hydrogens is 434 g/mol. The van der Waals surface area contributed by atoms with Crippen molar-refractivity contribution in [2.75, 3.05) is 16.8 Å². The highest BCUT2D eigenvalue weighted by Crippen LogP contribution is 2.38. The summed E-state index contributed by atoms with van der Waals surface area (Å²) in [5, 5.41) is 13.9. The maximum absolute atomic E-state index is 13.7. The minimum atomic E-state index is -4.87. The molecule has 1 aliphatic heterocycles. The van der Waals surface area contributed by atoms with E-state index in [1.54, 1.807) is 11.8 Å². The number of urea groups is 1. The molecule has 0 spiro atoms. The number of aliphatic hydroxyl groups excluding tert-OH is 1. The summed E-state index contributed by atoms with van der Waals surface area (Å²) < 4.78 is 59.9. The van der Waals surface area contributed by atoms with Crippen molar-refractivity contribution < 1.29 is 31.9 Å². The van der Waals surface area contributed by atoms with Crippen molar-refractivity contribution in [3.05, 3.63) is 47.7 Å². The van der Waals surface area contributed by atoms with Gasteiger partial charge in [0.15, 0.2) is 6.04 Å².